The second-order valence-corrected chi connectivity index (χ2v) is 5.12. The largest absolute Gasteiger partial charge is 0.419 e. The van der Waals surface area contributed by atoms with Crippen molar-refractivity contribution in [2.24, 2.45) is 7.05 Å². The number of rotatable bonds is 3. The van der Waals surface area contributed by atoms with Crippen molar-refractivity contribution in [1.29, 1.82) is 0 Å². The predicted molar refractivity (Wildman–Crippen MR) is 74.3 cm³/mol. The minimum absolute atomic E-state index is 0.248. The van der Waals surface area contributed by atoms with E-state index in [0.717, 1.165) is 17.6 Å². The summed E-state index contributed by atoms with van der Waals surface area (Å²) >= 11 is 0. The van der Waals surface area contributed by atoms with Gasteiger partial charge in [0, 0.05) is 19.1 Å². The molecule has 102 valence electrons. The van der Waals surface area contributed by atoms with Crippen LogP contribution in [0, 0.1) is 0 Å². The quantitative estimate of drug-likeness (QED) is 0.870. The van der Waals surface area contributed by atoms with Gasteiger partial charge in [-0.3, -0.25) is 4.57 Å². The summed E-state index contributed by atoms with van der Waals surface area (Å²) in [5.74, 6) is -0.313. The van der Waals surface area contributed by atoms with Crippen LogP contribution >= 0.6 is 0 Å². The molecule has 0 saturated carbocycles. The molecule has 19 heavy (non-hydrogen) atoms. The molecule has 0 radical (unpaired) electrons. The molecule has 2 heterocycles. The SMILES string of the molecule is CNC(c1ccc2c(c1)oc(=O)n2C)C1CCCN1. The summed E-state index contributed by atoms with van der Waals surface area (Å²) in [7, 11) is 3.69. The third kappa shape index (κ3) is 2.09. The number of nitrogens with one attached hydrogen (secondary N) is 2. The molecule has 1 aliphatic rings. The first kappa shape index (κ1) is 12.4. The van der Waals surface area contributed by atoms with Crippen molar-refractivity contribution >= 4 is 11.1 Å². The molecular weight excluding hydrogens is 242 g/mol. The number of oxazole rings is 1. The number of fused-ring (bicyclic) bond motifs is 1. The van der Waals surface area contributed by atoms with E-state index in [1.54, 1.807) is 7.05 Å². The van der Waals surface area contributed by atoms with Crippen LogP contribution in [0.5, 0.6) is 0 Å². The molecule has 1 aliphatic heterocycles. The van der Waals surface area contributed by atoms with Gasteiger partial charge in [0.25, 0.3) is 0 Å². The summed E-state index contributed by atoms with van der Waals surface area (Å²) in [6, 6.07) is 6.68. The van der Waals surface area contributed by atoms with Crippen molar-refractivity contribution in [3.8, 4) is 0 Å². The van der Waals surface area contributed by atoms with Gasteiger partial charge in [0.15, 0.2) is 5.58 Å². The van der Waals surface area contributed by atoms with Gasteiger partial charge in [0.1, 0.15) is 0 Å². The van der Waals surface area contributed by atoms with Crippen LogP contribution in [0.1, 0.15) is 24.4 Å². The number of benzene rings is 1. The average Bonchev–Trinajstić information content (AvgIpc) is 3.01. The van der Waals surface area contributed by atoms with E-state index in [1.807, 2.05) is 19.2 Å². The van der Waals surface area contributed by atoms with E-state index in [1.165, 1.54) is 17.4 Å². The average molecular weight is 261 g/mol. The van der Waals surface area contributed by atoms with Crippen LogP contribution in [-0.2, 0) is 7.05 Å². The van der Waals surface area contributed by atoms with E-state index in [4.69, 9.17) is 4.42 Å². The highest BCUT2D eigenvalue weighted by Gasteiger charge is 2.25. The van der Waals surface area contributed by atoms with Gasteiger partial charge < -0.3 is 15.1 Å². The van der Waals surface area contributed by atoms with Crippen molar-refractivity contribution in [2.75, 3.05) is 13.6 Å². The number of hydrogen-bond acceptors (Lipinski definition) is 4. The Morgan fingerprint density at radius 3 is 3.05 bits per heavy atom. The van der Waals surface area contributed by atoms with Crippen LogP contribution in [0.3, 0.4) is 0 Å². The highest BCUT2D eigenvalue weighted by molar-refractivity contribution is 5.73. The second-order valence-electron chi connectivity index (χ2n) is 5.12. The van der Waals surface area contributed by atoms with Crippen molar-refractivity contribution in [2.45, 2.75) is 24.9 Å². The first-order chi connectivity index (χ1) is 9.20. The Morgan fingerprint density at radius 2 is 2.37 bits per heavy atom. The molecule has 2 atom stereocenters. The standard InChI is InChI=1S/C14H19N3O2/c1-15-13(10-4-3-7-16-10)9-5-6-11-12(8-9)19-14(18)17(11)2/h5-6,8,10,13,15-16H,3-4,7H2,1-2H3. The lowest BCUT2D eigenvalue weighted by Gasteiger charge is -2.23. The third-order valence-corrected chi connectivity index (χ3v) is 3.99. The first-order valence-corrected chi connectivity index (χ1v) is 6.71. The van der Waals surface area contributed by atoms with Crippen molar-refractivity contribution in [3.05, 3.63) is 34.3 Å². The van der Waals surface area contributed by atoms with Gasteiger partial charge in [-0.1, -0.05) is 6.07 Å². The van der Waals surface area contributed by atoms with Crippen LogP contribution < -0.4 is 16.4 Å². The Labute approximate surface area is 111 Å². The van der Waals surface area contributed by atoms with Crippen LogP contribution in [0.15, 0.2) is 27.4 Å². The molecule has 1 aromatic heterocycles. The lowest BCUT2D eigenvalue weighted by Crippen LogP contribution is -2.36. The highest BCUT2D eigenvalue weighted by Crippen LogP contribution is 2.25. The molecule has 2 N–H and O–H groups in total. The molecule has 1 saturated heterocycles. The maximum absolute atomic E-state index is 11.5. The molecular formula is C14H19N3O2. The van der Waals surface area contributed by atoms with Gasteiger partial charge >= 0.3 is 5.76 Å². The Balaban J connectivity index is 2.01. The molecule has 0 amide bonds. The molecule has 1 aromatic carbocycles. The zero-order chi connectivity index (χ0) is 13.4. The molecule has 2 aromatic rings. The number of likely N-dealkylation sites (N-methyl/N-ethyl adjacent to an activating group) is 1. The molecule has 5 nitrogen and oxygen atoms in total. The smallest absolute Gasteiger partial charge is 0.408 e. The van der Waals surface area contributed by atoms with Gasteiger partial charge in [-0.25, -0.2) is 4.79 Å². The lowest BCUT2D eigenvalue weighted by atomic mass is 9.98. The molecule has 0 spiro atoms. The van der Waals surface area contributed by atoms with Gasteiger partial charge in [0.2, 0.25) is 0 Å². The zero-order valence-electron chi connectivity index (χ0n) is 11.3. The zero-order valence-corrected chi connectivity index (χ0v) is 11.3. The van der Waals surface area contributed by atoms with E-state index in [9.17, 15) is 4.79 Å². The van der Waals surface area contributed by atoms with E-state index >= 15 is 0 Å². The van der Waals surface area contributed by atoms with E-state index in [0.29, 0.717) is 11.6 Å². The monoisotopic (exact) mass is 261 g/mol. The van der Waals surface area contributed by atoms with Gasteiger partial charge in [-0.2, -0.15) is 0 Å². The summed E-state index contributed by atoms with van der Waals surface area (Å²) < 4.78 is 6.78. The number of aromatic nitrogens is 1. The number of hydrogen-bond donors (Lipinski definition) is 2. The number of aryl methyl sites for hydroxylation is 1. The van der Waals surface area contributed by atoms with Crippen molar-refractivity contribution in [1.82, 2.24) is 15.2 Å². The fraction of sp³-hybridized carbons (Fsp3) is 0.500. The number of nitrogens with zero attached hydrogens (tertiary/aromatic N) is 1. The van der Waals surface area contributed by atoms with E-state index in [-0.39, 0.29) is 11.8 Å². The van der Waals surface area contributed by atoms with Crippen molar-refractivity contribution in [3.63, 3.8) is 0 Å². The fourth-order valence-corrected chi connectivity index (χ4v) is 2.94. The van der Waals surface area contributed by atoms with Crippen LogP contribution in [0.25, 0.3) is 11.1 Å². The third-order valence-electron chi connectivity index (χ3n) is 3.99. The van der Waals surface area contributed by atoms with Crippen LogP contribution in [-0.4, -0.2) is 24.2 Å². The first-order valence-electron chi connectivity index (χ1n) is 6.71. The Bertz CT molecular complexity index is 638. The Morgan fingerprint density at radius 1 is 1.53 bits per heavy atom. The molecule has 3 rings (SSSR count). The minimum atomic E-state index is -0.313. The van der Waals surface area contributed by atoms with Gasteiger partial charge in [-0.05, 0) is 44.1 Å². The molecule has 0 aliphatic carbocycles. The maximum Gasteiger partial charge on any atom is 0.419 e. The maximum atomic E-state index is 11.5. The summed E-state index contributed by atoms with van der Waals surface area (Å²) in [4.78, 5) is 11.5. The van der Waals surface area contributed by atoms with E-state index < -0.39 is 0 Å². The summed E-state index contributed by atoms with van der Waals surface area (Å²) in [5.41, 5.74) is 2.65. The molecule has 0 bridgehead atoms. The topological polar surface area (TPSA) is 59.2 Å². The van der Waals surface area contributed by atoms with Crippen molar-refractivity contribution < 1.29 is 4.42 Å². The Hall–Kier alpha value is -1.59. The van der Waals surface area contributed by atoms with Gasteiger partial charge in [0.05, 0.1) is 5.52 Å². The molecule has 1 fully saturated rings. The van der Waals surface area contributed by atoms with Crippen LogP contribution in [0.4, 0.5) is 0 Å². The minimum Gasteiger partial charge on any atom is -0.408 e. The molecule has 5 heteroatoms. The fourth-order valence-electron chi connectivity index (χ4n) is 2.94. The summed E-state index contributed by atoms with van der Waals surface area (Å²) in [6.07, 6.45) is 2.38. The van der Waals surface area contributed by atoms with Crippen LogP contribution in [0.2, 0.25) is 0 Å². The lowest BCUT2D eigenvalue weighted by molar-refractivity contribution is 0.440. The summed E-state index contributed by atoms with van der Waals surface area (Å²) in [6.45, 7) is 1.07. The van der Waals surface area contributed by atoms with E-state index in [2.05, 4.69) is 16.7 Å². The predicted octanol–water partition coefficient (Wildman–Crippen LogP) is 1.14. The molecule has 2 unspecified atom stereocenters. The highest BCUT2D eigenvalue weighted by atomic mass is 16.4. The van der Waals surface area contributed by atoms with Gasteiger partial charge in [-0.15, -0.1) is 0 Å². The normalized spacial score (nSPS) is 21.1. The second kappa shape index (κ2) is 4.83. The summed E-state index contributed by atoms with van der Waals surface area (Å²) in [5, 5.41) is 6.87. The Kier molecular flexibility index (Phi) is 3.16.